The van der Waals surface area contributed by atoms with E-state index in [9.17, 15) is 13.2 Å². The van der Waals surface area contributed by atoms with Gasteiger partial charge in [-0.1, -0.05) is 13.8 Å². The van der Waals surface area contributed by atoms with Gasteiger partial charge in [0.15, 0.2) is 0 Å². The van der Waals surface area contributed by atoms with Gasteiger partial charge in [0.25, 0.3) is 0 Å². The molecule has 0 aromatic carbocycles. The van der Waals surface area contributed by atoms with Crippen molar-refractivity contribution in [1.82, 2.24) is 0 Å². The fourth-order valence-corrected chi connectivity index (χ4v) is 0.895. The largest absolute Gasteiger partial charge is 0.393 e. The molecule has 68 valence electrons. The van der Waals surface area contributed by atoms with Crippen molar-refractivity contribution in [2.24, 2.45) is 5.92 Å². The Balaban J connectivity index is 3.61. The summed E-state index contributed by atoms with van der Waals surface area (Å²) in [6.07, 6.45) is -6.37. The predicted octanol–water partition coefficient (Wildman–Crippen LogP) is 2.35. The molecule has 0 aliphatic carbocycles. The number of alkyl halides is 3. The molecule has 1 atom stereocenters. The zero-order valence-electron chi connectivity index (χ0n) is 6.65. The first kappa shape index (κ1) is 10.8. The van der Waals surface area contributed by atoms with Gasteiger partial charge < -0.3 is 5.11 Å². The number of halogens is 3. The number of rotatable bonds is 3. The average molecular weight is 170 g/mol. The van der Waals surface area contributed by atoms with Crippen molar-refractivity contribution < 1.29 is 18.3 Å². The van der Waals surface area contributed by atoms with Crippen molar-refractivity contribution in [1.29, 1.82) is 0 Å². The van der Waals surface area contributed by atoms with E-state index in [4.69, 9.17) is 5.11 Å². The van der Waals surface area contributed by atoms with Gasteiger partial charge in [-0.05, 0) is 12.3 Å². The molecule has 0 saturated heterocycles. The highest BCUT2D eigenvalue weighted by molar-refractivity contribution is 4.63. The second-order valence-corrected chi connectivity index (χ2v) is 3.10. The van der Waals surface area contributed by atoms with E-state index in [2.05, 4.69) is 0 Å². The van der Waals surface area contributed by atoms with E-state index < -0.39 is 18.7 Å². The molecule has 0 radical (unpaired) electrons. The van der Waals surface area contributed by atoms with Crippen LogP contribution in [0.1, 0.15) is 26.7 Å². The van der Waals surface area contributed by atoms with E-state index in [0.717, 1.165) is 0 Å². The summed E-state index contributed by atoms with van der Waals surface area (Å²) in [5, 5.41) is 8.84. The molecule has 0 bridgehead atoms. The summed E-state index contributed by atoms with van der Waals surface area (Å²) in [6.45, 7) is 3.55. The zero-order chi connectivity index (χ0) is 9.07. The van der Waals surface area contributed by atoms with Gasteiger partial charge in [-0.15, -0.1) is 0 Å². The molecular weight excluding hydrogens is 157 g/mol. The minimum Gasteiger partial charge on any atom is -0.393 e. The highest BCUT2D eigenvalue weighted by Crippen LogP contribution is 2.23. The van der Waals surface area contributed by atoms with Crippen LogP contribution >= 0.6 is 0 Å². The van der Waals surface area contributed by atoms with Crippen LogP contribution in [0.5, 0.6) is 0 Å². The Morgan fingerprint density at radius 3 is 2.00 bits per heavy atom. The Morgan fingerprint density at radius 1 is 1.27 bits per heavy atom. The standard InChI is InChI=1S/C7H13F3O/c1-5(2)3-6(11)4-7(8,9)10/h5-6,11H,3-4H2,1-2H3/t6-/m0/s1. The molecule has 11 heavy (non-hydrogen) atoms. The van der Waals surface area contributed by atoms with Crippen LogP contribution < -0.4 is 0 Å². The molecule has 0 aromatic rings. The molecule has 0 aliphatic heterocycles. The first-order chi connectivity index (χ1) is 4.81. The summed E-state index contributed by atoms with van der Waals surface area (Å²) in [6, 6.07) is 0. The number of hydrogen-bond donors (Lipinski definition) is 1. The van der Waals surface area contributed by atoms with Crippen LogP contribution in [0.2, 0.25) is 0 Å². The second-order valence-electron chi connectivity index (χ2n) is 3.10. The Labute approximate surface area is 64.2 Å². The molecule has 0 amide bonds. The van der Waals surface area contributed by atoms with Gasteiger partial charge >= 0.3 is 6.18 Å². The molecule has 0 aromatic heterocycles. The van der Waals surface area contributed by atoms with E-state index in [-0.39, 0.29) is 12.3 Å². The van der Waals surface area contributed by atoms with Gasteiger partial charge in [-0.25, -0.2) is 0 Å². The van der Waals surface area contributed by atoms with Crippen molar-refractivity contribution >= 4 is 0 Å². The Hall–Kier alpha value is -0.250. The van der Waals surface area contributed by atoms with Gasteiger partial charge in [0, 0.05) is 0 Å². The first-order valence-electron chi connectivity index (χ1n) is 3.56. The van der Waals surface area contributed by atoms with Crippen LogP contribution in [0.25, 0.3) is 0 Å². The molecule has 0 saturated carbocycles. The maximum atomic E-state index is 11.6. The number of aliphatic hydroxyl groups excluding tert-OH is 1. The van der Waals surface area contributed by atoms with Crippen LogP contribution in [-0.2, 0) is 0 Å². The van der Waals surface area contributed by atoms with Crippen molar-refractivity contribution in [3.05, 3.63) is 0 Å². The fourth-order valence-electron chi connectivity index (χ4n) is 0.895. The van der Waals surface area contributed by atoms with E-state index >= 15 is 0 Å². The SMILES string of the molecule is CC(C)C[C@H](O)CC(F)(F)F. The third-order valence-corrected chi connectivity index (χ3v) is 1.21. The summed E-state index contributed by atoms with van der Waals surface area (Å²) >= 11 is 0. The third-order valence-electron chi connectivity index (χ3n) is 1.21. The second kappa shape index (κ2) is 3.95. The summed E-state index contributed by atoms with van der Waals surface area (Å²) in [7, 11) is 0. The van der Waals surface area contributed by atoms with Crippen molar-refractivity contribution in [2.45, 2.75) is 39.0 Å². The van der Waals surface area contributed by atoms with E-state index in [0.29, 0.717) is 0 Å². The first-order valence-corrected chi connectivity index (χ1v) is 3.56. The molecule has 0 spiro atoms. The third kappa shape index (κ3) is 7.65. The number of aliphatic hydroxyl groups is 1. The lowest BCUT2D eigenvalue weighted by Crippen LogP contribution is -2.20. The van der Waals surface area contributed by atoms with Crippen molar-refractivity contribution in [3.63, 3.8) is 0 Å². The molecule has 0 heterocycles. The molecule has 0 unspecified atom stereocenters. The quantitative estimate of drug-likeness (QED) is 0.689. The summed E-state index contributed by atoms with van der Waals surface area (Å²) < 4.78 is 34.8. The minimum absolute atomic E-state index is 0.104. The van der Waals surface area contributed by atoms with Crippen LogP contribution in [-0.4, -0.2) is 17.4 Å². The van der Waals surface area contributed by atoms with E-state index in [1.54, 1.807) is 13.8 Å². The molecular formula is C7H13F3O. The Bertz CT molecular complexity index is 109. The maximum absolute atomic E-state index is 11.6. The van der Waals surface area contributed by atoms with Gasteiger partial charge in [0.05, 0.1) is 12.5 Å². The Kier molecular flexibility index (Phi) is 3.86. The normalized spacial score (nSPS) is 15.5. The van der Waals surface area contributed by atoms with Crippen LogP contribution in [0.3, 0.4) is 0 Å². The van der Waals surface area contributed by atoms with E-state index in [1.807, 2.05) is 0 Å². The van der Waals surface area contributed by atoms with Crippen molar-refractivity contribution in [3.8, 4) is 0 Å². The fraction of sp³-hybridized carbons (Fsp3) is 1.00. The molecule has 1 nitrogen and oxygen atoms in total. The molecule has 1 N–H and O–H groups in total. The van der Waals surface area contributed by atoms with Gasteiger partial charge in [0.2, 0.25) is 0 Å². The lowest BCUT2D eigenvalue weighted by atomic mass is 10.0. The van der Waals surface area contributed by atoms with Crippen LogP contribution in [0.15, 0.2) is 0 Å². The monoisotopic (exact) mass is 170 g/mol. The van der Waals surface area contributed by atoms with Gasteiger partial charge in [-0.3, -0.25) is 0 Å². The molecule has 0 rings (SSSR count). The van der Waals surface area contributed by atoms with Gasteiger partial charge in [-0.2, -0.15) is 13.2 Å². The summed E-state index contributed by atoms with van der Waals surface area (Å²) in [5.74, 6) is 0.104. The number of hydrogen-bond acceptors (Lipinski definition) is 1. The smallest absolute Gasteiger partial charge is 0.391 e. The lowest BCUT2D eigenvalue weighted by Gasteiger charge is -2.14. The maximum Gasteiger partial charge on any atom is 0.391 e. The van der Waals surface area contributed by atoms with Crippen LogP contribution in [0.4, 0.5) is 13.2 Å². The zero-order valence-corrected chi connectivity index (χ0v) is 6.65. The van der Waals surface area contributed by atoms with Gasteiger partial charge in [0.1, 0.15) is 0 Å². The highest BCUT2D eigenvalue weighted by Gasteiger charge is 2.30. The molecule has 0 aliphatic rings. The molecule has 4 heteroatoms. The van der Waals surface area contributed by atoms with Crippen LogP contribution in [0, 0.1) is 5.92 Å². The average Bonchev–Trinajstić information content (AvgIpc) is 1.53. The van der Waals surface area contributed by atoms with Crippen molar-refractivity contribution in [2.75, 3.05) is 0 Å². The summed E-state index contributed by atoms with van der Waals surface area (Å²) in [4.78, 5) is 0. The molecule has 0 fully saturated rings. The topological polar surface area (TPSA) is 20.2 Å². The summed E-state index contributed by atoms with van der Waals surface area (Å²) in [5.41, 5.74) is 0. The minimum atomic E-state index is -4.24. The lowest BCUT2D eigenvalue weighted by molar-refractivity contribution is -0.154. The van der Waals surface area contributed by atoms with E-state index in [1.165, 1.54) is 0 Å². The predicted molar refractivity (Wildman–Crippen MR) is 36.1 cm³/mol. The highest BCUT2D eigenvalue weighted by atomic mass is 19.4. The Morgan fingerprint density at radius 2 is 1.73 bits per heavy atom.